The number of allylic oxidation sites excluding steroid dienone is 2. The lowest BCUT2D eigenvalue weighted by Crippen LogP contribution is -2.14. The molecule has 0 aliphatic heterocycles. The summed E-state index contributed by atoms with van der Waals surface area (Å²) in [7, 11) is -3.85. The van der Waals surface area contributed by atoms with Gasteiger partial charge in [0.2, 0.25) is 0 Å². The molecule has 2 aromatic carbocycles. The lowest BCUT2D eigenvalue weighted by atomic mass is 9.95. The number of benzene rings is 2. The van der Waals surface area contributed by atoms with Crippen molar-refractivity contribution in [3.05, 3.63) is 76.9 Å². The Morgan fingerprint density at radius 2 is 1.61 bits per heavy atom. The molecule has 1 aliphatic rings. The number of sulfonamides is 1. The average molecular weight is 325 g/mol. The fraction of sp³-hybridized carbons (Fsp3) is 0.111. The second-order valence-electron chi connectivity index (χ2n) is 5.46. The molecule has 0 saturated carbocycles. The van der Waals surface area contributed by atoms with E-state index in [9.17, 15) is 13.2 Å². The zero-order valence-electron chi connectivity index (χ0n) is 12.8. The fourth-order valence-electron chi connectivity index (χ4n) is 2.50. The standard InChI is InChI=1S/C18H15NO3S/c1-12-7-8-13(2)18(11-12)23(21,22)19-16-9-10-17(20)15-6-4-3-5-14(15)16/h3-11H,1-2H3/b19-16-. The van der Waals surface area contributed by atoms with Crippen molar-refractivity contribution in [3.63, 3.8) is 0 Å². The molecule has 0 aromatic heterocycles. The van der Waals surface area contributed by atoms with Crippen molar-refractivity contribution in [1.29, 1.82) is 0 Å². The van der Waals surface area contributed by atoms with Gasteiger partial charge in [-0.3, -0.25) is 4.79 Å². The maximum absolute atomic E-state index is 12.7. The summed E-state index contributed by atoms with van der Waals surface area (Å²) in [5.41, 5.74) is 2.77. The van der Waals surface area contributed by atoms with Gasteiger partial charge in [-0.05, 0) is 43.2 Å². The minimum atomic E-state index is -3.85. The topological polar surface area (TPSA) is 63.6 Å². The van der Waals surface area contributed by atoms with Gasteiger partial charge in [0.25, 0.3) is 10.0 Å². The predicted octanol–water partition coefficient (Wildman–Crippen LogP) is 3.23. The van der Waals surface area contributed by atoms with Crippen molar-refractivity contribution in [2.24, 2.45) is 4.40 Å². The Kier molecular flexibility index (Phi) is 3.74. The van der Waals surface area contributed by atoms with Crippen molar-refractivity contribution >= 4 is 21.5 Å². The number of hydrogen-bond acceptors (Lipinski definition) is 3. The second kappa shape index (κ2) is 5.59. The molecule has 116 valence electrons. The number of rotatable bonds is 2. The molecule has 1 aliphatic carbocycles. The Morgan fingerprint density at radius 1 is 0.913 bits per heavy atom. The summed E-state index contributed by atoms with van der Waals surface area (Å²) >= 11 is 0. The molecule has 0 saturated heterocycles. The molecule has 0 bridgehead atoms. The van der Waals surface area contributed by atoms with Crippen molar-refractivity contribution in [2.75, 3.05) is 0 Å². The SMILES string of the molecule is Cc1ccc(C)c(S(=O)(=O)/N=C2/C=CC(=O)c3ccccc32)c1. The van der Waals surface area contributed by atoms with Crippen LogP contribution in [0.4, 0.5) is 0 Å². The summed E-state index contributed by atoms with van der Waals surface area (Å²) < 4.78 is 29.3. The number of carbonyl (C=O) groups excluding carboxylic acids is 1. The highest BCUT2D eigenvalue weighted by Gasteiger charge is 2.21. The summed E-state index contributed by atoms with van der Waals surface area (Å²) in [6, 6.07) is 12.1. The van der Waals surface area contributed by atoms with Crippen LogP contribution in [0.3, 0.4) is 0 Å². The quantitative estimate of drug-likeness (QED) is 0.851. The summed E-state index contributed by atoms with van der Waals surface area (Å²) in [5.74, 6) is -0.149. The minimum Gasteiger partial charge on any atom is -0.289 e. The lowest BCUT2D eigenvalue weighted by molar-refractivity contribution is 0.104. The normalized spacial score (nSPS) is 15.7. The molecule has 5 heteroatoms. The van der Waals surface area contributed by atoms with Crippen LogP contribution in [0.25, 0.3) is 0 Å². The Labute approximate surface area is 135 Å². The summed E-state index contributed by atoms with van der Waals surface area (Å²) in [6.45, 7) is 3.57. The van der Waals surface area contributed by atoms with Gasteiger partial charge in [0.15, 0.2) is 5.78 Å². The molecule has 0 atom stereocenters. The molecular formula is C18H15NO3S. The zero-order chi connectivity index (χ0) is 16.6. The summed E-state index contributed by atoms with van der Waals surface area (Å²) in [4.78, 5) is 12.1. The predicted molar refractivity (Wildman–Crippen MR) is 89.6 cm³/mol. The van der Waals surface area contributed by atoms with Gasteiger partial charge >= 0.3 is 0 Å². The third kappa shape index (κ3) is 2.87. The molecule has 0 heterocycles. The highest BCUT2D eigenvalue weighted by Crippen LogP contribution is 2.23. The zero-order valence-corrected chi connectivity index (χ0v) is 13.6. The Bertz CT molecular complexity index is 970. The molecule has 0 spiro atoms. The van der Waals surface area contributed by atoms with Crippen LogP contribution in [0.2, 0.25) is 0 Å². The van der Waals surface area contributed by atoms with Crippen LogP contribution < -0.4 is 0 Å². The van der Waals surface area contributed by atoms with Crippen molar-refractivity contribution in [3.8, 4) is 0 Å². The second-order valence-corrected chi connectivity index (χ2v) is 7.04. The third-order valence-corrected chi connectivity index (χ3v) is 5.13. The molecule has 23 heavy (non-hydrogen) atoms. The Hall–Kier alpha value is -2.53. The maximum Gasteiger partial charge on any atom is 0.283 e. The monoisotopic (exact) mass is 325 g/mol. The number of nitrogens with zero attached hydrogens (tertiary/aromatic N) is 1. The van der Waals surface area contributed by atoms with Crippen LogP contribution in [0, 0.1) is 13.8 Å². The first-order valence-electron chi connectivity index (χ1n) is 7.12. The van der Waals surface area contributed by atoms with Crippen molar-refractivity contribution in [1.82, 2.24) is 0 Å². The van der Waals surface area contributed by atoms with E-state index >= 15 is 0 Å². The molecule has 0 radical (unpaired) electrons. The number of carbonyl (C=O) groups is 1. The smallest absolute Gasteiger partial charge is 0.283 e. The van der Waals surface area contributed by atoms with Crippen molar-refractivity contribution in [2.45, 2.75) is 18.7 Å². The Morgan fingerprint density at radius 3 is 2.35 bits per heavy atom. The van der Waals surface area contributed by atoms with Gasteiger partial charge in [0.05, 0.1) is 10.6 Å². The van der Waals surface area contributed by atoms with E-state index in [0.717, 1.165) is 5.56 Å². The first-order chi connectivity index (χ1) is 10.9. The molecule has 2 aromatic rings. The highest BCUT2D eigenvalue weighted by atomic mass is 32.2. The van der Waals surface area contributed by atoms with E-state index in [2.05, 4.69) is 4.40 Å². The van der Waals surface area contributed by atoms with Crippen LogP contribution in [0.15, 0.2) is 63.9 Å². The summed E-state index contributed by atoms with van der Waals surface area (Å²) in [6.07, 6.45) is 2.80. The lowest BCUT2D eigenvalue weighted by Gasteiger charge is -2.12. The largest absolute Gasteiger partial charge is 0.289 e. The molecule has 0 N–H and O–H groups in total. The van der Waals surface area contributed by atoms with E-state index in [0.29, 0.717) is 16.7 Å². The molecule has 4 nitrogen and oxygen atoms in total. The van der Waals surface area contributed by atoms with E-state index in [1.165, 1.54) is 12.2 Å². The minimum absolute atomic E-state index is 0.149. The average Bonchev–Trinajstić information content (AvgIpc) is 2.52. The molecular weight excluding hydrogens is 310 g/mol. The molecule has 0 unspecified atom stereocenters. The van der Waals surface area contributed by atoms with Gasteiger partial charge in [-0.25, -0.2) is 0 Å². The van der Waals surface area contributed by atoms with E-state index in [-0.39, 0.29) is 16.4 Å². The highest BCUT2D eigenvalue weighted by molar-refractivity contribution is 7.90. The number of aryl methyl sites for hydroxylation is 2. The van der Waals surface area contributed by atoms with E-state index < -0.39 is 10.0 Å². The van der Waals surface area contributed by atoms with Gasteiger partial charge in [-0.2, -0.15) is 12.8 Å². The molecule has 0 fully saturated rings. The van der Waals surface area contributed by atoms with Crippen LogP contribution in [0.5, 0.6) is 0 Å². The first kappa shape index (κ1) is 15.4. The Balaban J connectivity index is 2.16. The number of hydrogen-bond donors (Lipinski definition) is 0. The van der Waals surface area contributed by atoms with Crippen LogP contribution in [-0.4, -0.2) is 19.9 Å². The van der Waals surface area contributed by atoms with Gasteiger partial charge < -0.3 is 0 Å². The number of fused-ring (bicyclic) bond motifs is 1. The van der Waals surface area contributed by atoms with Gasteiger partial charge in [-0.15, -0.1) is 0 Å². The van der Waals surface area contributed by atoms with E-state index in [1.54, 1.807) is 43.3 Å². The fourth-order valence-corrected chi connectivity index (χ4v) is 3.83. The van der Waals surface area contributed by atoms with Gasteiger partial charge in [-0.1, -0.05) is 36.4 Å². The molecule has 0 amide bonds. The van der Waals surface area contributed by atoms with Gasteiger partial charge in [0, 0.05) is 11.1 Å². The maximum atomic E-state index is 12.7. The van der Waals surface area contributed by atoms with Crippen molar-refractivity contribution < 1.29 is 13.2 Å². The first-order valence-corrected chi connectivity index (χ1v) is 8.56. The third-order valence-electron chi connectivity index (χ3n) is 3.70. The van der Waals surface area contributed by atoms with E-state index in [4.69, 9.17) is 0 Å². The van der Waals surface area contributed by atoms with Gasteiger partial charge in [0.1, 0.15) is 0 Å². The van der Waals surface area contributed by atoms with Crippen LogP contribution >= 0.6 is 0 Å². The number of ketones is 1. The molecule has 3 rings (SSSR count). The van der Waals surface area contributed by atoms with Crippen LogP contribution in [0.1, 0.15) is 27.0 Å². The summed E-state index contributed by atoms with van der Waals surface area (Å²) in [5, 5.41) is 0. The van der Waals surface area contributed by atoms with Crippen LogP contribution in [-0.2, 0) is 10.0 Å². The van der Waals surface area contributed by atoms with E-state index in [1.807, 2.05) is 13.0 Å².